The van der Waals surface area contributed by atoms with Crippen LogP contribution in [0.3, 0.4) is 0 Å². The highest BCUT2D eigenvalue weighted by Crippen LogP contribution is 2.25. The molecule has 0 bridgehead atoms. The molecular formula is C31H46F4O2Si. The van der Waals surface area contributed by atoms with Gasteiger partial charge < -0.3 is 8.85 Å². The minimum Gasteiger partial charge on any atom is -0.388 e. The van der Waals surface area contributed by atoms with Gasteiger partial charge in [0, 0.05) is 6.61 Å². The quantitative estimate of drug-likeness (QED) is 0.0824. The molecule has 38 heavy (non-hydrogen) atoms. The van der Waals surface area contributed by atoms with Gasteiger partial charge in [-0.05, 0) is 16.8 Å². The molecule has 0 amide bonds. The Labute approximate surface area is 228 Å². The van der Waals surface area contributed by atoms with E-state index in [0.717, 1.165) is 19.3 Å². The first-order valence-electron chi connectivity index (χ1n) is 14.5. The van der Waals surface area contributed by atoms with Crippen molar-refractivity contribution in [1.29, 1.82) is 0 Å². The lowest BCUT2D eigenvalue weighted by molar-refractivity contribution is -0.151. The molecule has 0 saturated heterocycles. The van der Waals surface area contributed by atoms with E-state index in [4.69, 9.17) is 8.85 Å². The fourth-order valence-corrected chi connectivity index (χ4v) is 7.80. The third-order valence-corrected chi connectivity index (χ3v) is 10.2. The van der Waals surface area contributed by atoms with E-state index in [1.807, 2.05) is 12.1 Å². The van der Waals surface area contributed by atoms with Crippen molar-refractivity contribution >= 4 is 18.9 Å². The van der Waals surface area contributed by atoms with Crippen molar-refractivity contribution in [2.45, 2.75) is 109 Å². The maximum absolute atomic E-state index is 13.9. The predicted molar refractivity (Wildman–Crippen MR) is 151 cm³/mol. The summed E-state index contributed by atoms with van der Waals surface area (Å²) in [4.78, 5) is 0. The maximum atomic E-state index is 13.9. The third kappa shape index (κ3) is 11.6. The number of hydrogen-bond donors (Lipinski definition) is 0. The van der Waals surface area contributed by atoms with Gasteiger partial charge in [-0.2, -0.15) is 8.78 Å². The molecule has 0 radical (unpaired) electrons. The Morgan fingerprint density at radius 2 is 1.00 bits per heavy atom. The lowest BCUT2D eigenvalue weighted by Gasteiger charge is -2.33. The highest BCUT2D eigenvalue weighted by atomic mass is 28.4. The van der Waals surface area contributed by atoms with Crippen molar-refractivity contribution < 1.29 is 26.4 Å². The molecule has 0 saturated carbocycles. The van der Waals surface area contributed by atoms with E-state index in [-0.39, 0.29) is 0 Å². The second-order valence-corrected chi connectivity index (χ2v) is 13.1. The summed E-state index contributed by atoms with van der Waals surface area (Å²) in [5.41, 5.74) is 0. The van der Waals surface area contributed by atoms with Crippen LogP contribution in [0.1, 0.15) is 96.8 Å². The first-order valence-corrected chi connectivity index (χ1v) is 16.3. The Morgan fingerprint density at radius 3 is 1.39 bits per heavy atom. The lowest BCUT2D eigenvalue weighted by atomic mass is 10.0. The summed E-state index contributed by atoms with van der Waals surface area (Å²) in [6.07, 6.45) is 13.4. The van der Waals surface area contributed by atoms with E-state index in [9.17, 15) is 17.6 Å². The second-order valence-electron chi connectivity index (χ2n) is 10.1. The van der Waals surface area contributed by atoms with Gasteiger partial charge in [-0.15, -0.1) is 0 Å². The fraction of sp³-hybridized carbons (Fsp3) is 0.613. The molecule has 0 fully saturated rings. The number of benzene rings is 2. The largest absolute Gasteiger partial charge is 0.407 e. The molecule has 0 aromatic heterocycles. The normalized spacial score (nSPS) is 12.4. The molecule has 0 spiro atoms. The van der Waals surface area contributed by atoms with Crippen LogP contribution in [-0.2, 0) is 8.85 Å². The zero-order valence-corrected chi connectivity index (χ0v) is 24.0. The van der Waals surface area contributed by atoms with Crippen molar-refractivity contribution in [1.82, 2.24) is 0 Å². The van der Waals surface area contributed by atoms with Gasteiger partial charge in [0.25, 0.3) is 0 Å². The smallest absolute Gasteiger partial charge is 0.388 e. The molecule has 0 N–H and O–H groups in total. The molecular weight excluding hydrogens is 508 g/mol. The Hall–Kier alpha value is -1.70. The van der Waals surface area contributed by atoms with Crippen LogP contribution >= 0.6 is 0 Å². The highest BCUT2D eigenvalue weighted by Gasteiger charge is 2.48. The number of alkyl halides is 4. The van der Waals surface area contributed by atoms with Crippen LogP contribution in [-0.4, -0.2) is 34.1 Å². The van der Waals surface area contributed by atoms with Crippen LogP contribution in [0.4, 0.5) is 17.6 Å². The van der Waals surface area contributed by atoms with Gasteiger partial charge in [0.2, 0.25) is 0 Å². The van der Waals surface area contributed by atoms with E-state index in [1.54, 1.807) is 48.5 Å². The molecule has 0 aliphatic rings. The third-order valence-electron chi connectivity index (χ3n) is 6.90. The molecule has 0 unspecified atom stereocenters. The fourth-order valence-electron chi connectivity index (χ4n) is 4.63. The van der Waals surface area contributed by atoms with Crippen LogP contribution in [0.25, 0.3) is 0 Å². The molecule has 7 heteroatoms. The first kappa shape index (κ1) is 32.5. The SMILES string of the molecule is CCCCCCCCCCCCCCCCO[Si](OCC(F)(F)C(F)F)(c1ccccc1)c1ccccc1. The number of rotatable bonds is 22. The lowest BCUT2D eigenvalue weighted by Crippen LogP contribution is -2.64. The summed E-state index contributed by atoms with van der Waals surface area (Å²) < 4.78 is 65.8. The summed E-state index contributed by atoms with van der Waals surface area (Å²) in [5.74, 6) is -4.25. The van der Waals surface area contributed by atoms with Gasteiger partial charge in [0.1, 0.15) is 6.61 Å². The average molecular weight is 555 g/mol. The Balaban J connectivity index is 1.83. The van der Waals surface area contributed by atoms with E-state index in [2.05, 4.69) is 6.92 Å². The van der Waals surface area contributed by atoms with Crippen molar-refractivity contribution in [3.63, 3.8) is 0 Å². The Bertz CT molecular complexity index is 797. The Morgan fingerprint density at radius 1 is 0.605 bits per heavy atom. The molecule has 2 rings (SSSR count). The number of hydrogen-bond acceptors (Lipinski definition) is 2. The van der Waals surface area contributed by atoms with Crippen LogP contribution in [0, 0.1) is 0 Å². The van der Waals surface area contributed by atoms with Gasteiger partial charge in [-0.25, -0.2) is 8.78 Å². The summed E-state index contributed by atoms with van der Waals surface area (Å²) in [7, 11) is -3.62. The zero-order chi connectivity index (χ0) is 27.5. The summed E-state index contributed by atoms with van der Waals surface area (Å²) in [6, 6.07) is 17.8. The Kier molecular flexibility index (Phi) is 15.9. The van der Waals surface area contributed by atoms with Gasteiger partial charge in [0.05, 0.1) is 0 Å². The molecule has 0 aliphatic carbocycles. The average Bonchev–Trinajstić information content (AvgIpc) is 2.93. The molecule has 2 nitrogen and oxygen atoms in total. The monoisotopic (exact) mass is 554 g/mol. The molecule has 0 heterocycles. The molecule has 2 aromatic rings. The van der Waals surface area contributed by atoms with E-state index in [0.29, 0.717) is 17.0 Å². The molecule has 0 aliphatic heterocycles. The second kappa shape index (κ2) is 18.6. The summed E-state index contributed by atoms with van der Waals surface area (Å²) in [5, 5.41) is 1.25. The van der Waals surface area contributed by atoms with E-state index < -0.39 is 27.5 Å². The molecule has 214 valence electrons. The van der Waals surface area contributed by atoms with Crippen molar-refractivity contribution in [3.05, 3.63) is 60.7 Å². The predicted octanol–water partition coefficient (Wildman–Crippen LogP) is 8.66. The maximum Gasteiger partial charge on any atom is 0.407 e. The van der Waals surface area contributed by atoms with Crippen LogP contribution in [0.15, 0.2) is 60.7 Å². The summed E-state index contributed by atoms with van der Waals surface area (Å²) >= 11 is 0. The topological polar surface area (TPSA) is 18.5 Å². The standard InChI is InChI=1S/C31H46F4O2Si/c1-2-3-4-5-6-7-8-9-10-11-12-13-14-21-26-36-38(28-22-17-15-18-23-28,29-24-19-16-20-25-29)37-27-31(34,35)30(32)33/h15-20,22-25,30H,2-14,21,26-27H2,1H3. The summed E-state index contributed by atoms with van der Waals surface area (Å²) in [6.45, 7) is 1.18. The van der Waals surface area contributed by atoms with Gasteiger partial charge >= 0.3 is 20.9 Å². The van der Waals surface area contributed by atoms with E-state index in [1.165, 1.54) is 70.6 Å². The van der Waals surface area contributed by atoms with Crippen LogP contribution in [0.2, 0.25) is 0 Å². The number of halogens is 4. The van der Waals surface area contributed by atoms with E-state index >= 15 is 0 Å². The molecule has 2 aromatic carbocycles. The zero-order valence-electron chi connectivity index (χ0n) is 23.0. The van der Waals surface area contributed by atoms with Crippen molar-refractivity contribution in [2.24, 2.45) is 0 Å². The van der Waals surface area contributed by atoms with Crippen LogP contribution in [0.5, 0.6) is 0 Å². The van der Waals surface area contributed by atoms with Crippen molar-refractivity contribution in [3.8, 4) is 0 Å². The highest BCUT2D eigenvalue weighted by molar-refractivity contribution is 6.92. The van der Waals surface area contributed by atoms with Gasteiger partial charge in [-0.1, -0.05) is 151 Å². The van der Waals surface area contributed by atoms with Crippen LogP contribution < -0.4 is 10.4 Å². The first-order chi connectivity index (χ1) is 18.4. The minimum absolute atomic E-state index is 0.328. The minimum atomic E-state index is -4.25. The number of unbranched alkanes of at least 4 members (excludes halogenated alkanes) is 13. The van der Waals surface area contributed by atoms with Gasteiger partial charge in [0.15, 0.2) is 0 Å². The molecule has 0 atom stereocenters. The van der Waals surface area contributed by atoms with Crippen molar-refractivity contribution in [2.75, 3.05) is 13.2 Å². The van der Waals surface area contributed by atoms with Gasteiger partial charge in [-0.3, -0.25) is 0 Å².